The average Bonchev–Trinajstić information content (AvgIpc) is 3.52. The number of aliphatic imine (C=N–C) groups is 1. The molecule has 0 bridgehead atoms. The molecule has 4 rings (SSSR count). The number of nitrogens with one attached hydrogen (secondary N) is 1. The van der Waals surface area contributed by atoms with Crippen LogP contribution in [0.25, 0.3) is 0 Å². The van der Waals surface area contributed by atoms with Crippen molar-refractivity contribution >= 4 is 12.0 Å². The summed E-state index contributed by atoms with van der Waals surface area (Å²) in [7, 11) is 0. The minimum atomic E-state index is -4.85. The van der Waals surface area contributed by atoms with Crippen molar-refractivity contribution in [3.63, 3.8) is 0 Å². The van der Waals surface area contributed by atoms with E-state index in [0.717, 1.165) is 42.2 Å². The van der Waals surface area contributed by atoms with Crippen LogP contribution < -0.4 is 10.9 Å². The van der Waals surface area contributed by atoms with Gasteiger partial charge in [-0.15, -0.1) is 0 Å². The fourth-order valence-corrected chi connectivity index (χ4v) is 3.11. The van der Waals surface area contributed by atoms with Crippen LogP contribution in [0.4, 0.5) is 23.2 Å². The second kappa shape index (κ2) is 7.25. The molecule has 0 unspecified atom stereocenters. The summed E-state index contributed by atoms with van der Waals surface area (Å²) in [5.74, 6) is 3.82. The van der Waals surface area contributed by atoms with Gasteiger partial charge in [0.2, 0.25) is 5.54 Å². The van der Waals surface area contributed by atoms with Crippen molar-refractivity contribution in [1.29, 1.82) is 0 Å². The molecule has 2 aromatic rings. The van der Waals surface area contributed by atoms with Gasteiger partial charge in [-0.25, -0.2) is 14.4 Å². The first-order valence-corrected chi connectivity index (χ1v) is 9.12. The van der Waals surface area contributed by atoms with Crippen molar-refractivity contribution in [2.24, 2.45) is 10.9 Å². The molecular weight excluding hydrogens is 404 g/mol. The number of hydrogen-bond acceptors (Lipinski definition) is 5. The summed E-state index contributed by atoms with van der Waals surface area (Å²) >= 11 is 0. The highest BCUT2D eigenvalue weighted by Crippen LogP contribution is 2.47. The van der Waals surface area contributed by atoms with Crippen LogP contribution in [0.5, 0.6) is 0 Å². The van der Waals surface area contributed by atoms with Gasteiger partial charge in [0.05, 0.1) is 31.5 Å². The maximum Gasteiger partial charge on any atom is 0.429 e. The zero-order chi connectivity index (χ0) is 21.5. The van der Waals surface area contributed by atoms with E-state index in [2.05, 4.69) is 27.1 Å². The first kappa shape index (κ1) is 20.1. The average molecular weight is 420 g/mol. The lowest BCUT2D eigenvalue weighted by atomic mass is 9.86. The van der Waals surface area contributed by atoms with E-state index in [1.165, 1.54) is 6.07 Å². The first-order chi connectivity index (χ1) is 14.2. The number of fused-ring (bicyclic) bond motifs is 1. The van der Waals surface area contributed by atoms with Crippen LogP contribution in [0.2, 0.25) is 0 Å². The van der Waals surface area contributed by atoms with E-state index in [-0.39, 0.29) is 29.4 Å². The molecule has 2 aliphatic rings. The summed E-state index contributed by atoms with van der Waals surface area (Å²) in [5, 5.41) is 11.6. The lowest BCUT2D eigenvalue weighted by Crippen LogP contribution is -2.42. The molecule has 1 aromatic carbocycles. The third-order valence-corrected chi connectivity index (χ3v) is 4.94. The number of hydrogen-bond donors (Lipinski definition) is 2. The Labute approximate surface area is 168 Å². The van der Waals surface area contributed by atoms with Crippen LogP contribution in [0.1, 0.15) is 29.7 Å². The SMILES string of the molecule is O=c1cc(CO)ncn1Cc1cc2c(cc1F)[C@@](C#CC1CC1)(C(F)(F)F)N=CN2. The predicted molar refractivity (Wildman–Crippen MR) is 100 cm³/mol. The third-order valence-electron chi connectivity index (χ3n) is 4.94. The molecule has 1 fully saturated rings. The van der Waals surface area contributed by atoms with E-state index in [1.54, 1.807) is 0 Å². The number of anilines is 1. The van der Waals surface area contributed by atoms with Crippen molar-refractivity contribution in [2.45, 2.75) is 37.7 Å². The minimum Gasteiger partial charge on any atom is -0.390 e. The fourth-order valence-electron chi connectivity index (χ4n) is 3.11. The second-order valence-corrected chi connectivity index (χ2v) is 7.15. The Morgan fingerprint density at radius 1 is 1.30 bits per heavy atom. The maximum absolute atomic E-state index is 14.8. The number of halogens is 4. The van der Waals surface area contributed by atoms with Gasteiger partial charge in [-0.05, 0) is 25.0 Å². The Morgan fingerprint density at radius 2 is 2.07 bits per heavy atom. The topological polar surface area (TPSA) is 79.5 Å². The normalized spacial score (nSPS) is 20.2. The van der Waals surface area contributed by atoms with Crippen molar-refractivity contribution < 1.29 is 22.7 Å². The Balaban J connectivity index is 1.76. The number of aliphatic hydroxyl groups is 1. The molecule has 1 aliphatic carbocycles. The fraction of sp³-hybridized carbons (Fsp3) is 0.350. The van der Waals surface area contributed by atoms with Gasteiger partial charge in [-0.1, -0.05) is 11.8 Å². The van der Waals surface area contributed by atoms with Crippen LogP contribution in [0, 0.1) is 23.6 Å². The van der Waals surface area contributed by atoms with Gasteiger partial charge < -0.3 is 10.4 Å². The zero-order valence-electron chi connectivity index (χ0n) is 15.5. The molecule has 1 atom stereocenters. The van der Waals surface area contributed by atoms with Crippen molar-refractivity contribution in [3.05, 3.63) is 57.5 Å². The summed E-state index contributed by atoms with van der Waals surface area (Å²) in [4.78, 5) is 19.5. The number of rotatable bonds is 3. The first-order valence-electron chi connectivity index (χ1n) is 9.12. The largest absolute Gasteiger partial charge is 0.429 e. The van der Waals surface area contributed by atoms with Gasteiger partial charge >= 0.3 is 6.18 Å². The van der Waals surface area contributed by atoms with Gasteiger partial charge in [-0.3, -0.25) is 9.36 Å². The van der Waals surface area contributed by atoms with Crippen molar-refractivity contribution in [3.8, 4) is 11.8 Å². The summed E-state index contributed by atoms with van der Waals surface area (Å²) in [6.07, 6.45) is -1.33. The van der Waals surface area contributed by atoms with E-state index in [1.807, 2.05) is 0 Å². The van der Waals surface area contributed by atoms with Gasteiger partial charge in [0.1, 0.15) is 5.82 Å². The Bertz CT molecular complexity index is 1140. The molecule has 6 nitrogen and oxygen atoms in total. The molecule has 2 N–H and O–H groups in total. The zero-order valence-corrected chi connectivity index (χ0v) is 15.5. The highest BCUT2D eigenvalue weighted by atomic mass is 19.4. The van der Waals surface area contributed by atoms with Crippen molar-refractivity contribution in [1.82, 2.24) is 9.55 Å². The lowest BCUT2D eigenvalue weighted by molar-refractivity contribution is -0.170. The molecule has 30 heavy (non-hydrogen) atoms. The molecule has 0 saturated heterocycles. The number of benzene rings is 1. The minimum absolute atomic E-state index is 0.0107. The molecule has 156 valence electrons. The molecule has 1 saturated carbocycles. The summed E-state index contributed by atoms with van der Waals surface area (Å²) < 4.78 is 57.9. The van der Waals surface area contributed by atoms with Crippen LogP contribution >= 0.6 is 0 Å². The van der Waals surface area contributed by atoms with Gasteiger partial charge in [0.15, 0.2) is 0 Å². The Morgan fingerprint density at radius 3 is 2.70 bits per heavy atom. The highest BCUT2D eigenvalue weighted by molar-refractivity contribution is 5.83. The maximum atomic E-state index is 14.8. The molecular formula is C20H16F4N4O2. The van der Waals surface area contributed by atoms with E-state index in [0.29, 0.717) is 0 Å². The van der Waals surface area contributed by atoms with E-state index < -0.39 is 35.3 Å². The Hall–Kier alpha value is -3.19. The highest BCUT2D eigenvalue weighted by Gasteiger charge is 2.57. The monoisotopic (exact) mass is 420 g/mol. The van der Waals surface area contributed by atoms with Crippen LogP contribution in [0.3, 0.4) is 0 Å². The van der Waals surface area contributed by atoms with E-state index in [4.69, 9.17) is 5.11 Å². The van der Waals surface area contributed by atoms with Gasteiger partial charge in [-0.2, -0.15) is 13.2 Å². The van der Waals surface area contributed by atoms with E-state index >= 15 is 0 Å². The summed E-state index contributed by atoms with van der Waals surface area (Å²) in [6.45, 7) is -0.670. The number of aliphatic hydroxyl groups excluding tert-OH is 1. The second-order valence-electron chi connectivity index (χ2n) is 7.15. The smallest absolute Gasteiger partial charge is 0.390 e. The van der Waals surface area contributed by atoms with E-state index in [9.17, 15) is 22.4 Å². The molecule has 1 aromatic heterocycles. The molecule has 0 radical (unpaired) electrons. The summed E-state index contributed by atoms with van der Waals surface area (Å²) in [5.41, 5.74) is -3.64. The molecule has 0 spiro atoms. The molecule has 2 heterocycles. The summed E-state index contributed by atoms with van der Waals surface area (Å²) in [6, 6.07) is 3.08. The molecule has 1 aliphatic heterocycles. The Kier molecular flexibility index (Phi) is 4.86. The van der Waals surface area contributed by atoms with Crippen molar-refractivity contribution in [2.75, 3.05) is 5.32 Å². The number of nitrogens with zero attached hydrogens (tertiary/aromatic N) is 3. The lowest BCUT2D eigenvalue weighted by Gasteiger charge is -2.32. The predicted octanol–water partition coefficient (Wildman–Crippen LogP) is 2.55. The van der Waals surface area contributed by atoms with Crippen LogP contribution in [0.15, 0.2) is 34.3 Å². The standard InChI is InChI=1S/C20H16F4N4O2/c21-16-7-15-17(5-13(16)8-28-11-26-14(9-29)6-18(28)30)25-10-27-19(15,20(22,23)24)4-3-12-1-2-12/h5-7,10-12,29H,1-2,8-9H2,(H,25,27)/t19-/m0/s1. The molecule has 10 heteroatoms. The van der Waals surface area contributed by atoms with Gasteiger partial charge in [0.25, 0.3) is 5.56 Å². The quantitative estimate of drug-likeness (QED) is 0.591. The number of alkyl halides is 3. The molecule has 0 amide bonds. The third kappa shape index (κ3) is 3.57. The van der Waals surface area contributed by atoms with Gasteiger partial charge in [0, 0.05) is 28.8 Å². The van der Waals surface area contributed by atoms with Crippen LogP contribution in [-0.4, -0.2) is 27.2 Å². The van der Waals surface area contributed by atoms with Crippen LogP contribution in [-0.2, 0) is 18.7 Å². The number of aromatic nitrogens is 2.